The van der Waals surface area contributed by atoms with Crippen LogP contribution in [0, 0.1) is 6.92 Å². The molecule has 0 saturated heterocycles. The number of fused-ring (bicyclic) bond motifs is 1. The van der Waals surface area contributed by atoms with Gasteiger partial charge in [-0.05, 0) is 30.7 Å². The maximum absolute atomic E-state index is 12.9. The van der Waals surface area contributed by atoms with E-state index in [2.05, 4.69) is 9.97 Å². The van der Waals surface area contributed by atoms with Crippen LogP contribution in [0.2, 0.25) is 0 Å². The summed E-state index contributed by atoms with van der Waals surface area (Å²) in [6.45, 7) is 1.98. The molecule has 1 aliphatic heterocycles. The lowest BCUT2D eigenvalue weighted by Gasteiger charge is -2.33. The Balaban J connectivity index is 1.61. The average molecular weight is 482 g/mol. The van der Waals surface area contributed by atoms with E-state index in [-0.39, 0.29) is 19.0 Å². The topological polar surface area (TPSA) is 89.7 Å². The normalized spacial score (nSPS) is 16.0. The Morgan fingerprint density at radius 2 is 1.94 bits per heavy atom. The fourth-order valence-electron chi connectivity index (χ4n) is 3.83. The summed E-state index contributed by atoms with van der Waals surface area (Å²) in [5.41, 5.74) is 0.749. The molecule has 8 nitrogen and oxygen atoms in total. The molecule has 0 amide bonds. The summed E-state index contributed by atoms with van der Waals surface area (Å²) in [6.07, 6.45) is -5.36. The van der Waals surface area contributed by atoms with Crippen LogP contribution in [0.15, 0.2) is 29.1 Å². The molecule has 0 saturated carbocycles. The number of rotatable bonds is 5. The Kier molecular flexibility index (Phi) is 6.06. The van der Waals surface area contributed by atoms with E-state index in [0.717, 1.165) is 11.6 Å². The van der Waals surface area contributed by atoms with Crippen LogP contribution in [0.1, 0.15) is 32.8 Å². The number of thiophene rings is 1. The van der Waals surface area contributed by atoms with Crippen molar-refractivity contribution in [3.8, 4) is 11.5 Å². The van der Waals surface area contributed by atoms with Gasteiger partial charge in [0.25, 0.3) is 0 Å². The number of aliphatic hydroxyl groups is 1. The molecular weight excluding hydrogens is 461 g/mol. The number of nitrogens with zero attached hydrogens (tertiary/aromatic N) is 4. The summed E-state index contributed by atoms with van der Waals surface area (Å²) in [6, 6.07) is 5.86. The SMILES string of the molecule is COc1ccc2c(c1OC)C(O)CN(c1nc(C)n(Cc3ccc(C(F)(F)F)s3)c(=O)n1)C2. The van der Waals surface area contributed by atoms with Gasteiger partial charge in [0.05, 0.1) is 27.3 Å². The molecule has 1 unspecified atom stereocenters. The molecule has 1 N–H and O–H groups in total. The van der Waals surface area contributed by atoms with E-state index >= 15 is 0 Å². The third-order valence-electron chi connectivity index (χ3n) is 5.38. The minimum Gasteiger partial charge on any atom is -0.493 e. The summed E-state index contributed by atoms with van der Waals surface area (Å²) >= 11 is 0.577. The summed E-state index contributed by atoms with van der Waals surface area (Å²) in [5, 5.41) is 10.8. The number of anilines is 1. The van der Waals surface area contributed by atoms with Crippen LogP contribution in [-0.4, -0.2) is 40.4 Å². The molecule has 0 spiro atoms. The molecule has 0 bridgehead atoms. The van der Waals surface area contributed by atoms with Crippen molar-refractivity contribution in [1.29, 1.82) is 0 Å². The van der Waals surface area contributed by atoms with E-state index < -0.39 is 22.8 Å². The van der Waals surface area contributed by atoms with Crippen molar-refractivity contribution in [3.05, 3.63) is 61.5 Å². The van der Waals surface area contributed by atoms with Gasteiger partial charge in [-0.25, -0.2) is 4.79 Å². The van der Waals surface area contributed by atoms with Crippen LogP contribution in [0.5, 0.6) is 11.5 Å². The highest BCUT2D eigenvalue weighted by atomic mass is 32.1. The van der Waals surface area contributed by atoms with Crippen molar-refractivity contribution in [2.75, 3.05) is 25.7 Å². The number of aryl methyl sites for hydroxylation is 1. The van der Waals surface area contributed by atoms with Gasteiger partial charge in [-0.1, -0.05) is 6.07 Å². The third kappa shape index (κ3) is 4.40. The number of benzene rings is 1. The molecule has 12 heteroatoms. The second-order valence-corrected chi connectivity index (χ2v) is 8.64. The first kappa shape index (κ1) is 23.1. The summed E-state index contributed by atoms with van der Waals surface area (Å²) in [4.78, 5) is 22.4. The number of hydrogen-bond acceptors (Lipinski definition) is 8. The summed E-state index contributed by atoms with van der Waals surface area (Å²) in [7, 11) is 3.01. The predicted molar refractivity (Wildman–Crippen MR) is 115 cm³/mol. The number of β-amino-alcohol motifs (C(OH)–C–C–N with tert-alkyl or cyclic N) is 1. The molecule has 0 radical (unpaired) electrons. The highest BCUT2D eigenvalue weighted by Crippen LogP contribution is 2.41. The van der Waals surface area contributed by atoms with Gasteiger partial charge in [-0.3, -0.25) is 4.57 Å². The molecule has 0 fully saturated rings. The first-order valence-electron chi connectivity index (χ1n) is 9.90. The van der Waals surface area contributed by atoms with Crippen LogP contribution in [-0.2, 0) is 19.3 Å². The van der Waals surface area contributed by atoms with Gasteiger partial charge in [-0.2, -0.15) is 23.1 Å². The molecule has 3 aromatic rings. The highest BCUT2D eigenvalue weighted by molar-refractivity contribution is 7.12. The molecule has 1 aromatic carbocycles. The first-order valence-corrected chi connectivity index (χ1v) is 10.7. The fourth-order valence-corrected chi connectivity index (χ4v) is 4.69. The summed E-state index contributed by atoms with van der Waals surface area (Å²) < 4.78 is 50.5. The lowest BCUT2D eigenvalue weighted by molar-refractivity contribution is -0.134. The van der Waals surface area contributed by atoms with Gasteiger partial charge in [0.1, 0.15) is 16.8 Å². The molecule has 0 aliphatic carbocycles. The van der Waals surface area contributed by atoms with Gasteiger partial charge >= 0.3 is 11.9 Å². The minimum atomic E-state index is -4.43. The molecule has 2 aromatic heterocycles. The summed E-state index contributed by atoms with van der Waals surface area (Å²) in [5.74, 6) is 1.39. The Bertz CT molecular complexity index is 1240. The second kappa shape index (κ2) is 8.67. The van der Waals surface area contributed by atoms with E-state index in [1.54, 1.807) is 24.0 Å². The number of methoxy groups -OCH3 is 2. The van der Waals surface area contributed by atoms with Gasteiger partial charge in [0.2, 0.25) is 5.95 Å². The number of aliphatic hydroxyl groups excluding tert-OH is 1. The van der Waals surface area contributed by atoms with Crippen molar-refractivity contribution < 1.29 is 27.8 Å². The zero-order valence-corrected chi connectivity index (χ0v) is 18.8. The zero-order chi connectivity index (χ0) is 23.9. The fraction of sp³-hybridized carbons (Fsp3) is 0.381. The number of hydrogen-bond donors (Lipinski definition) is 1. The van der Waals surface area contributed by atoms with Gasteiger partial charge in [-0.15, -0.1) is 11.3 Å². The molecule has 33 heavy (non-hydrogen) atoms. The van der Waals surface area contributed by atoms with Crippen molar-refractivity contribution in [3.63, 3.8) is 0 Å². The van der Waals surface area contributed by atoms with Crippen LogP contribution in [0.25, 0.3) is 0 Å². The van der Waals surface area contributed by atoms with E-state index in [1.165, 1.54) is 24.9 Å². The standard InChI is InChI=1S/C21H21F3N4O4S/c1-11-25-19(26-20(30)28(11)9-13-5-7-16(33-13)21(22,23)24)27-8-12-4-6-15(31-2)18(32-3)17(12)14(29)10-27/h4-7,14,29H,8-10H2,1-3H3. The third-order valence-corrected chi connectivity index (χ3v) is 6.49. The zero-order valence-electron chi connectivity index (χ0n) is 18.0. The Labute approximate surface area is 190 Å². The van der Waals surface area contributed by atoms with Crippen LogP contribution >= 0.6 is 11.3 Å². The monoisotopic (exact) mass is 482 g/mol. The van der Waals surface area contributed by atoms with E-state index in [4.69, 9.17) is 9.47 Å². The van der Waals surface area contributed by atoms with Crippen molar-refractivity contribution in [1.82, 2.24) is 14.5 Å². The van der Waals surface area contributed by atoms with E-state index in [9.17, 15) is 23.1 Å². The van der Waals surface area contributed by atoms with E-state index in [0.29, 0.717) is 45.6 Å². The molecule has 4 rings (SSSR count). The van der Waals surface area contributed by atoms with Crippen LogP contribution in [0.4, 0.5) is 19.1 Å². The maximum Gasteiger partial charge on any atom is 0.425 e. The van der Waals surface area contributed by atoms with Crippen LogP contribution < -0.4 is 20.1 Å². The van der Waals surface area contributed by atoms with Crippen molar-refractivity contribution in [2.45, 2.75) is 32.3 Å². The average Bonchev–Trinajstić information content (AvgIpc) is 3.24. The number of alkyl halides is 3. The largest absolute Gasteiger partial charge is 0.493 e. The maximum atomic E-state index is 12.9. The minimum absolute atomic E-state index is 0.0614. The lowest BCUT2D eigenvalue weighted by atomic mass is 9.96. The highest BCUT2D eigenvalue weighted by Gasteiger charge is 2.33. The number of ether oxygens (including phenoxy) is 2. The molecule has 176 valence electrons. The number of aromatic nitrogens is 3. The smallest absolute Gasteiger partial charge is 0.425 e. The second-order valence-electron chi connectivity index (χ2n) is 7.47. The Morgan fingerprint density at radius 1 is 1.18 bits per heavy atom. The van der Waals surface area contributed by atoms with E-state index in [1.807, 2.05) is 0 Å². The van der Waals surface area contributed by atoms with Gasteiger partial charge in [0.15, 0.2) is 11.5 Å². The Morgan fingerprint density at radius 3 is 2.55 bits per heavy atom. The van der Waals surface area contributed by atoms with Gasteiger partial charge in [0, 0.05) is 17.0 Å². The predicted octanol–water partition coefficient (Wildman–Crippen LogP) is 3.15. The molecular formula is C21H21F3N4O4S. The quantitative estimate of drug-likeness (QED) is 0.598. The van der Waals surface area contributed by atoms with Crippen molar-refractivity contribution >= 4 is 17.3 Å². The molecule has 3 heterocycles. The first-order chi connectivity index (χ1) is 15.6. The Hall–Kier alpha value is -3.12. The van der Waals surface area contributed by atoms with Crippen molar-refractivity contribution in [2.24, 2.45) is 0 Å². The molecule has 1 aliphatic rings. The lowest BCUT2D eigenvalue weighted by Crippen LogP contribution is -2.38. The van der Waals surface area contributed by atoms with Crippen LogP contribution in [0.3, 0.4) is 0 Å². The van der Waals surface area contributed by atoms with Gasteiger partial charge < -0.3 is 19.5 Å². The molecule has 1 atom stereocenters. The number of halogens is 3.